The first-order chi connectivity index (χ1) is 17.5. The zero-order valence-corrected chi connectivity index (χ0v) is 20.1. The van der Waals surface area contributed by atoms with Crippen LogP contribution in [-0.2, 0) is 32.0 Å². The van der Waals surface area contributed by atoms with Crippen LogP contribution in [0.5, 0.6) is 0 Å². The first kappa shape index (κ1) is 24.9. The molecule has 36 heavy (non-hydrogen) atoms. The highest BCUT2D eigenvalue weighted by atomic mass is 16.5. The summed E-state index contributed by atoms with van der Waals surface area (Å²) in [7, 11) is 0. The molecule has 1 aliphatic heterocycles. The molecule has 7 heteroatoms. The molecular weight excluding hydrogens is 456 g/mol. The lowest BCUT2D eigenvalue weighted by Gasteiger charge is -2.28. The van der Waals surface area contributed by atoms with E-state index >= 15 is 0 Å². The number of ether oxygens (including phenoxy) is 1. The van der Waals surface area contributed by atoms with Crippen LogP contribution in [0.15, 0.2) is 84.9 Å². The predicted molar refractivity (Wildman–Crippen MR) is 135 cm³/mol. The fourth-order valence-electron chi connectivity index (χ4n) is 4.31. The Balaban J connectivity index is 1.55. The average molecular weight is 485 g/mol. The smallest absolute Gasteiger partial charge is 0.338 e. The maximum absolute atomic E-state index is 13.5. The summed E-state index contributed by atoms with van der Waals surface area (Å²) in [6, 6.07) is 24.3. The highest BCUT2D eigenvalue weighted by Gasteiger charge is 2.44. The van der Waals surface area contributed by atoms with E-state index in [9.17, 15) is 19.2 Å². The van der Waals surface area contributed by atoms with Gasteiger partial charge in [-0.2, -0.15) is 0 Å². The van der Waals surface area contributed by atoms with E-state index in [0.29, 0.717) is 24.2 Å². The van der Waals surface area contributed by atoms with Crippen LogP contribution < -0.4 is 4.90 Å². The molecule has 0 saturated carbocycles. The molecule has 1 atom stereocenters. The minimum Gasteiger partial charge on any atom is -0.462 e. The molecule has 1 fully saturated rings. The molecule has 1 unspecified atom stereocenters. The van der Waals surface area contributed by atoms with Gasteiger partial charge in [0.1, 0.15) is 6.04 Å². The second-order valence-corrected chi connectivity index (χ2v) is 8.54. The Morgan fingerprint density at radius 3 is 2.11 bits per heavy atom. The van der Waals surface area contributed by atoms with Gasteiger partial charge in [-0.05, 0) is 48.7 Å². The topological polar surface area (TPSA) is 84.0 Å². The van der Waals surface area contributed by atoms with Gasteiger partial charge in [-0.1, -0.05) is 60.7 Å². The maximum atomic E-state index is 13.5. The maximum Gasteiger partial charge on any atom is 0.338 e. The molecule has 4 rings (SSSR count). The van der Waals surface area contributed by atoms with Gasteiger partial charge in [0.2, 0.25) is 11.8 Å². The fourth-order valence-corrected chi connectivity index (χ4v) is 4.31. The third kappa shape index (κ3) is 5.68. The van der Waals surface area contributed by atoms with Crippen molar-refractivity contribution in [3.8, 4) is 0 Å². The molecule has 0 spiro atoms. The van der Waals surface area contributed by atoms with Gasteiger partial charge < -0.3 is 9.64 Å². The summed E-state index contributed by atoms with van der Waals surface area (Å²) in [5.74, 6) is -1.51. The lowest BCUT2D eigenvalue weighted by Crippen LogP contribution is -2.47. The summed E-state index contributed by atoms with van der Waals surface area (Å²) in [5, 5.41) is 0. The number of hydrogen-bond acceptors (Lipinski definition) is 5. The molecule has 3 amide bonds. The van der Waals surface area contributed by atoms with E-state index in [0.717, 1.165) is 16.0 Å². The summed E-state index contributed by atoms with van der Waals surface area (Å²) in [4.78, 5) is 54.4. The van der Waals surface area contributed by atoms with E-state index in [1.807, 2.05) is 60.7 Å². The Bertz CT molecular complexity index is 1230. The van der Waals surface area contributed by atoms with Crippen molar-refractivity contribution in [3.05, 3.63) is 102 Å². The van der Waals surface area contributed by atoms with Gasteiger partial charge in [0.25, 0.3) is 5.91 Å². The molecular formula is C29H28N2O5. The number of hydrogen-bond donors (Lipinski definition) is 0. The van der Waals surface area contributed by atoms with Crippen LogP contribution in [0.3, 0.4) is 0 Å². The van der Waals surface area contributed by atoms with Gasteiger partial charge in [-0.15, -0.1) is 0 Å². The largest absolute Gasteiger partial charge is 0.462 e. The van der Waals surface area contributed by atoms with Crippen molar-refractivity contribution in [3.63, 3.8) is 0 Å². The van der Waals surface area contributed by atoms with Crippen molar-refractivity contribution in [2.45, 2.75) is 32.2 Å². The zero-order valence-electron chi connectivity index (χ0n) is 20.1. The van der Waals surface area contributed by atoms with Gasteiger partial charge in [-0.25, -0.2) is 9.69 Å². The molecule has 1 heterocycles. The molecule has 0 aromatic heterocycles. The van der Waals surface area contributed by atoms with Crippen molar-refractivity contribution in [1.29, 1.82) is 0 Å². The van der Waals surface area contributed by atoms with E-state index in [4.69, 9.17) is 4.74 Å². The molecule has 1 saturated heterocycles. The number of esters is 1. The third-order valence-corrected chi connectivity index (χ3v) is 6.14. The number of imide groups is 1. The van der Waals surface area contributed by atoms with Crippen LogP contribution >= 0.6 is 0 Å². The Kier molecular flexibility index (Phi) is 7.90. The van der Waals surface area contributed by atoms with E-state index in [1.165, 1.54) is 17.0 Å². The molecule has 7 nitrogen and oxygen atoms in total. The standard InChI is InChI=1S/C29H28N2O5/c1-2-36-29(35)23-13-15-24(16-14-23)31-27(33)20-25(28(31)34)30(18-17-21-9-5-3-6-10-21)26(32)19-22-11-7-4-8-12-22/h3-16,25H,2,17-20H2,1H3. The first-order valence-corrected chi connectivity index (χ1v) is 12.0. The summed E-state index contributed by atoms with van der Waals surface area (Å²) >= 11 is 0. The monoisotopic (exact) mass is 484 g/mol. The molecule has 3 aromatic carbocycles. The van der Waals surface area contributed by atoms with Crippen molar-refractivity contribution in [2.24, 2.45) is 0 Å². The SMILES string of the molecule is CCOC(=O)c1ccc(N2C(=O)CC(N(CCc3ccccc3)C(=O)Cc3ccccc3)C2=O)cc1. The summed E-state index contributed by atoms with van der Waals surface area (Å²) in [5.41, 5.74) is 2.58. The van der Waals surface area contributed by atoms with Gasteiger partial charge in [0.15, 0.2) is 0 Å². The van der Waals surface area contributed by atoms with Crippen molar-refractivity contribution in [1.82, 2.24) is 4.90 Å². The molecule has 184 valence electrons. The quantitative estimate of drug-likeness (QED) is 0.341. The van der Waals surface area contributed by atoms with Crippen LogP contribution in [0, 0.1) is 0 Å². The highest BCUT2D eigenvalue weighted by Crippen LogP contribution is 2.27. The number of carbonyl (C=O) groups excluding carboxylic acids is 4. The Labute approximate surface area is 210 Å². The normalized spacial score (nSPS) is 15.1. The first-order valence-electron chi connectivity index (χ1n) is 12.0. The van der Waals surface area contributed by atoms with Crippen LogP contribution in [0.4, 0.5) is 5.69 Å². The molecule has 0 aliphatic carbocycles. The minimum atomic E-state index is -0.887. The predicted octanol–water partition coefficient (Wildman–Crippen LogP) is 3.81. The van der Waals surface area contributed by atoms with E-state index in [-0.39, 0.29) is 31.3 Å². The Hall–Kier alpha value is -4.26. The van der Waals surface area contributed by atoms with Crippen molar-refractivity contribution >= 4 is 29.4 Å². The number of nitrogens with zero attached hydrogens (tertiary/aromatic N) is 2. The van der Waals surface area contributed by atoms with Gasteiger partial charge in [0, 0.05) is 6.54 Å². The van der Waals surface area contributed by atoms with E-state index in [1.54, 1.807) is 19.1 Å². The third-order valence-electron chi connectivity index (χ3n) is 6.14. The average Bonchev–Trinajstić information content (AvgIpc) is 3.19. The molecule has 3 aromatic rings. The van der Waals surface area contributed by atoms with Crippen LogP contribution in [-0.4, -0.2) is 47.8 Å². The lowest BCUT2D eigenvalue weighted by molar-refractivity contribution is -0.137. The van der Waals surface area contributed by atoms with E-state index < -0.39 is 17.9 Å². The molecule has 0 bridgehead atoms. The second-order valence-electron chi connectivity index (χ2n) is 8.54. The van der Waals surface area contributed by atoms with Gasteiger partial charge >= 0.3 is 5.97 Å². The number of anilines is 1. The fraction of sp³-hybridized carbons (Fsp3) is 0.241. The number of benzene rings is 3. The minimum absolute atomic E-state index is 0.0895. The van der Waals surface area contributed by atoms with Gasteiger partial charge in [-0.3, -0.25) is 14.4 Å². The summed E-state index contributed by atoms with van der Waals surface area (Å²) < 4.78 is 4.99. The molecule has 0 N–H and O–H groups in total. The van der Waals surface area contributed by atoms with Gasteiger partial charge in [0.05, 0.1) is 30.7 Å². The Morgan fingerprint density at radius 1 is 0.889 bits per heavy atom. The zero-order chi connectivity index (χ0) is 25.5. The summed E-state index contributed by atoms with van der Waals surface area (Å²) in [6.45, 7) is 2.28. The van der Waals surface area contributed by atoms with Crippen LogP contribution in [0.2, 0.25) is 0 Å². The van der Waals surface area contributed by atoms with E-state index in [2.05, 4.69) is 0 Å². The van der Waals surface area contributed by atoms with Crippen LogP contribution in [0.1, 0.15) is 34.8 Å². The molecule has 0 radical (unpaired) electrons. The van der Waals surface area contributed by atoms with Crippen molar-refractivity contribution < 1.29 is 23.9 Å². The second kappa shape index (κ2) is 11.4. The summed E-state index contributed by atoms with van der Waals surface area (Å²) in [6.07, 6.45) is 0.614. The lowest BCUT2D eigenvalue weighted by atomic mass is 10.1. The number of amides is 3. The molecule has 1 aliphatic rings. The van der Waals surface area contributed by atoms with Crippen molar-refractivity contribution in [2.75, 3.05) is 18.1 Å². The Morgan fingerprint density at radius 2 is 1.50 bits per heavy atom. The number of rotatable bonds is 9. The number of carbonyl (C=O) groups is 4. The van der Waals surface area contributed by atoms with Crippen LogP contribution in [0.25, 0.3) is 0 Å². The highest BCUT2D eigenvalue weighted by molar-refractivity contribution is 6.23.